The van der Waals surface area contributed by atoms with Crippen LogP contribution < -0.4 is 4.74 Å². The van der Waals surface area contributed by atoms with Crippen LogP contribution in [-0.4, -0.2) is 43.9 Å². The summed E-state index contributed by atoms with van der Waals surface area (Å²) in [5.74, 6) is 1.58. The fraction of sp³-hybridized carbons (Fsp3) is 0.389. The molecule has 0 radical (unpaired) electrons. The summed E-state index contributed by atoms with van der Waals surface area (Å²) in [7, 11) is -1.64. The highest BCUT2D eigenvalue weighted by atomic mass is 35.5. The van der Waals surface area contributed by atoms with Crippen LogP contribution in [0.5, 0.6) is 5.75 Å². The van der Waals surface area contributed by atoms with Gasteiger partial charge < -0.3 is 14.1 Å². The average molecular weight is 398 g/mol. The van der Waals surface area contributed by atoms with Crippen LogP contribution in [0.1, 0.15) is 28.3 Å². The summed E-state index contributed by atoms with van der Waals surface area (Å²) < 4.78 is 34.5. The summed E-state index contributed by atoms with van der Waals surface area (Å²) in [6.45, 7) is 2.02. The van der Waals surface area contributed by atoms with Gasteiger partial charge in [-0.3, -0.25) is 4.79 Å². The van der Waals surface area contributed by atoms with Crippen LogP contribution in [0.15, 0.2) is 34.7 Å². The van der Waals surface area contributed by atoms with Crippen molar-refractivity contribution in [2.24, 2.45) is 0 Å². The number of carbonyl (C=O) groups is 1. The van der Waals surface area contributed by atoms with Gasteiger partial charge in [0, 0.05) is 11.6 Å². The van der Waals surface area contributed by atoms with E-state index in [0.717, 1.165) is 5.76 Å². The van der Waals surface area contributed by atoms with Crippen molar-refractivity contribution >= 4 is 27.3 Å². The summed E-state index contributed by atoms with van der Waals surface area (Å²) in [6, 6.07) is 7.99. The number of ether oxygens (including phenoxy) is 1. The molecular weight excluding hydrogens is 378 g/mol. The molecule has 1 aromatic heterocycles. The highest BCUT2D eigenvalue weighted by Gasteiger charge is 2.35. The first-order valence-corrected chi connectivity index (χ1v) is 10.4. The zero-order valence-corrected chi connectivity index (χ0v) is 16.1. The first-order valence-electron chi connectivity index (χ1n) is 8.19. The fourth-order valence-electron chi connectivity index (χ4n) is 3.09. The average Bonchev–Trinajstić information content (AvgIpc) is 3.16. The lowest BCUT2D eigenvalue weighted by molar-refractivity contribution is 0.0665. The molecule has 3 rings (SSSR count). The number of carbonyl (C=O) groups excluding carboxylic acids is 1. The third-order valence-corrected chi connectivity index (χ3v) is 6.48. The van der Waals surface area contributed by atoms with Gasteiger partial charge in [0.25, 0.3) is 5.91 Å². The molecule has 0 spiro atoms. The van der Waals surface area contributed by atoms with Gasteiger partial charge in [-0.15, -0.1) is 0 Å². The summed E-state index contributed by atoms with van der Waals surface area (Å²) in [5.41, 5.74) is 0.378. The van der Waals surface area contributed by atoms with Crippen molar-refractivity contribution in [3.63, 3.8) is 0 Å². The van der Waals surface area contributed by atoms with E-state index in [-0.39, 0.29) is 24.0 Å². The van der Waals surface area contributed by atoms with Crippen molar-refractivity contribution in [3.05, 3.63) is 52.4 Å². The van der Waals surface area contributed by atoms with E-state index in [2.05, 4.69) is 0 Å². The molecular formula is C18H20ClNO5S. The van der Waals surface area contributed by atoms with Gasteiger partial charge in [0.1, 0.15) is 17.3 Å². The van der Waals surface area contributed by atoms with Crippen LogP contribution in [0.2, 0.25) is 5.02 Å². The van der Waals surface area contributed by atoms with Gasteiger partial charge in [-0.25, -0.2) is 8.42 Å². The Morgan fingerprint density at radius 1 is 1.35 bits per heavy atom. The number of amides is 1. The lowest BCUT2D eigenvalue weighted by Gasteiger charge is -2.27. The molecule has 140 valence electrons. The Labute approximate surface area is 157 Å². The van der Waals surface area contributed by atoms with E-state index in [1.165, 1.54) is 13.2 Å². The van der Waals surface area contributed by atoms with E-state index in [1.807, 2.05) is 13.0 Å². The Bertz CT molecular complexity index is 921. The zero-order valence-electron chi connectivity index (χ0n) is 14.6. The first-order chi connectivity index (χ1) is 12.3. The summed E-state index contributed by atoms with van der Waals surface area (Å²) in [4.78, 5) is 14.7. The molecule has 6 nitrogen and oxygen atoms in total. The highest BCUT2D eigenvalue weighted by molar-refractivity contribution is 7.91. The molecule has 1 aliphatic rings. The Hall–Kier alpha value is -1.99. The standard InChI is InChI=1S/C18H20ClNO5S/c1-12-3-5-15(25-12)10-20(14-7-8-26(22,23)11-14)18(21)13-4-6-17(24-2)16(19)9-13/h3-6,9,14H,7-8,10-11H2,1-2H3. The summed E-state index contributed by atoms with van der Waals surface area (Å²) in [5, 5.41) is 0.325. The fourth-order valence-corrected chi connectivity index (χ4v) is 5.08. The number of hydrogen-bond acceptors (Lipinski definition) is 5. The maximum Gasteiger partial charge on any atom is 0.254 e. The number of hydrogen-bond donors (Lipinski definition) is 0. The second-order valence-electron chi connectivity index (χ2n) is 6.35. The predicted octanol–water partition coefficient (Wildman–Crippen LogP) is 3.08. The number of halogens is 1. The van der Waals surface area contributed by atoms with Gasteiger partial charge >= 0.3 is 0 Å². The number of furan rings is 1. The quantitative estimate of drug-likeness (QED) is 0.774. The van der Waals surface area contributed by atoms with E-state index in [9.17, 15) is 13.2 Å². The van der Waals surface area contributed by atoms with Crippen LogP contribution in [-0.2, 0) is 16.4 Å². The molecule has 1 saturated heterocycles. The molecule has 0 bridgehead atoms. The minimum atomic E-state index is -3.13. The number of methoxy groups -OCH3 is 1. The monoisotopic (exact) mass is 397 g/mol. The van der Waals surface area contributed by atoms with Gasteiger partial charge in [0.15, 0.2) is 9.84 Å². The van der Waals surface area contributed by atoms with Crippen molar-refractivity contribution in [3.8, 4) is 5.75 Å². The Balaban J connectivity index is 1.91. The van der Waals surface area contributed by atoms with E-state index < -0.39 is 15.9 Å². The third-order valence-electron chi connectivity index (χ3n) is 4.43. The molecule has 8 heteroatoms. The maximum atomic E-state index is 13.1. The van der Waals surface area contributed by atoms with E-state index in [0.29, 0.717) is 28.5 Å². The molecule has 2 aromatic rings. The lowest BCUT2D eigenvalue weighted by Crippen LogP contribution is -2.40. The van der Waals surface area contributed by atoms with Crippen LogP contribution in [0.25, 0.3) is 0 Å². The van der Waals surface area contributed by atoms with Gasteiger partial charge in [-0.05, 0) is 43.7 Å². The summed E-state index contributed by atoms with van der Waals surface area (Å²) >= 11 is 6.14. The second kappa shape index (κ2) is 7.32. The topological polar surface area (TPSA) is 76.8 Å². The number of benzene rings is 1. The maximum absolute atomic E-state index is 13.1. The molecule has 0 saturated carbocycles. The molecule has 1 atom stereocenters. The van der Waals surface area contributed by atoms with Gasteiger partial charge in [-0.2, -0.15) is 0 Å². The van der Waals surface area contributed by atoms with E-state index in [4.69, 9.17) is 20.8 Å². The zero-order chi connectivity index (χ0) is 18.9. The Morgan fingerprint density at radius 3 is 2.65 bits per heavy atom. The molecule has 0 N–H and O–H groups in total. The van der Waals surface area contributed by atoms with Crippen molar-refractivity contribution in [1.29, 1.82) is 0 Å². The SMILES string of the molecule is COc1ccc(C(=O)N(Cc2ccc(C)o2)C2CCS(=O)(=O)C2)cc1Cl. The highest BCUT2D eigenvalue weighted by Crippen LogP contribution is 2.28. The van der Waals surface area contributed by atoms with Crippen LogP contribution in [0.4, 0.5) is 0 Å². The summed E-state index contributed by atoms with van der Waals surface area (Å²) in [6.07, 6.45) is 0.414. The van der Waals surface area contributed by atoms with E-state index in [1.54, 1.807) is 23.1 Å². The van der Waals surface area contributed by atoms with Gasteiger partial charge in [0.05, 0.1) is 30.2 Å². The lowest BCUT2D eigenvalue weighted by atomic mass is 10.1. The molecule has 26 heavy (non-hydrogen) atoms. The second-order valence-corrected chi connectivity index (χ2v) is 8.99. The molecule has 1 fully saturated rings. The molecule has 2 heterocycles. The molecule has 1 amide bonds. The minimum absolute atomic E-state index is 0.0394. The number of rotatable bonds is 5. The first kappa shape index (κ1) is 18.8. The molecule has 1 aromatic carbocycles. The van der Waals surface area contributed by atoms with Crippen molar-refractivity contribution in [2.45, 2.75) is 25.9 Å². The van der Waals surface area contributed by atoms with Crippen LogP contribution >= 0.6 is 11.6 Å². The predicted molar refractivity (Wildman–Crippen MR) is 98.4 cm³/mol. The van der Waals surface area contributed by atoms with Crippen LogP contribution in [0.3, 0.4) is 0 Å². The molecule has 1 aliphatic heterocycles. The van der Waals surface area contributed by atoms with Crippen molar-refractivity contribution in [1.82, 2.24) is 4.90 Å². The Morgan fingerprint density at radius 2 is 2.12 bits per heavy atom. The smallest absolute Gasteiger partial charge is 0.254 e. The van der Waals surface area contributed by atoms with Crippen molar-refractivity contribution in [2.75, 3.05) is 18.6 Å². The molecule has 1 unspecified atom stereocenters. The normalized spacial score (nSPS) is 18.7. The third kappa shape index (κ3) is 4.04. The number of nitrogens with zero attached hydrogens (tertiary/aromatic N) is 1. The van der Waals surface area contributed by atoms with Gasteiger partial charge in [-0.1, -0.05) is 11.6 Å². The van der Waals surface area contributed by atoms with Crippen LogP contribution in [0, 0.1) is 6.92 Å². The number of aryl methyl sites for hydroxylation is 1. The largest absolute Gasteiger partial charge is 0.495 e. The van der Waals surface area contributed by atoms with Crippen molar-refractivity contribution < 1.29 is 22.4 Å². The Kier molecular flexibility index (Phi) is 5.29. The van der Waals surface area contributed by atoms with Gasteiger partial charge in [0.2, 0.25) is 0 Å². The molecule has 0 aliphatic carbocycles. The number of sulfone groups is 1. The van der Waals surface area contributed by atoms with E-state index >= 15 is 0 Å². The minimum Gasteiger partial charge on any atom is -0.495 e.